The van der Waals surface area contributed by atoms with E-state index in [0.29, 0.717) is 0 Å². The first kappa shape index (κ1) is 14.9. The smallest absolute Gasteiger partial charge is 0.256 e. The second-order valence-electron chi connectivity index (χ2n) is 4.59. The van der Waals surface area contributed by atoms with Gasteiger partial charge in [0.1, 0.15) is 11.6 Å². The zero-order valence-electron chi connectivity index (χ0n) is 11.4. The van der Waals surface area contributed by atoms with E-state index in [0.717, 1.165) is 5.56 Å². The van der Waals surface area contributed by atoms with Crippen molar-refractivity contribution in [2.24, 2.45) is 5.84 Å². The molecule has 0 saturated heterocycles. The maximum absolute atomic E-state index is 13.6. The van der Waals surface area contributed by atoms with Gasteiger partial charge in [0, 0.05) is 13.6 Å². The van der Waals surface area contributed by atoms with Gasteiger partial charge in [-0.25, -0.2) is 8.78 Å². The Hall–Kier alpha value is -2.47. The number of nitrogens with zero attached hydrogens (tertiary/aromatic N) is 1. The molecule has 21 heavy (non-hydrogen) atoms. The summed E-state index contributed by atoms with van der Waals surface area (Å²) in [7, 11) is 1.58. The van der Waals surface area contributed by atoms with E-state index in [1.807, 2.05) is 0 Å². The molecular weight excluding hydrogens is 276 g/mol. The van der Waals surface area contributed by atoms with Crippen LogP contribution in [0.3, 0.4) is 0 Å². The quantitative estimate of drug-likeness (QED) is 0.672. The van der Waals surface area contributed by atoms with Crippen LogP contribution in [0, 0.1) is 11.6 Å². The zero-order valence-corrected chi connectivity index (χ0v) is 11.4. The van der Waals surface area contributed by atoms with Crippen molar-refractivity contribution >= 4 is 11.6 Å². The molecule has 0 fully saturated rings. The number of carbonyl (C=O) groups is 1. The molecule has 4 nitrogen and oxygen atoms in total. The monoisotopic (exact) mass is 291 g/mol. The van der Waals surface area contributed by atoms with Crippen LogP contribution in [0.2, 0.25) is 0 Å². The van der Waals surface area contributed by atoms with Crippen molar-refractivity contribution < 1.29 is 13.6 Å². The minimum Gasteiger partial charge on any atom is -0.337 e. The van der Waals surface area contributed by atoms with Gasteiger partial charge in [-0.15, -0.1) is 0 Å². The molecule has 0 aliphatic rings. The molecule has 2 aromatic carbocycles. The van der Waals surface area contributed by atoms with E-state index < -0.39 is 5.82 Å². The highest BCUT2D eigenvalue weighted by molar-refractivity contribution is 5.99. The molecule has 0 aromatic heterocycles. The van der Waals surface area contributed by atoms with E-state index in [4.69, 9.17) is 5.84 Å². The first-order valence-electron chi connectivity index (χ1n) is 6.28. The first-order valence-corrected chi connectivity index (χ1v) is 6.28. The molecule has 1 amide bonds. The molecule has 0 heterocycles. The maximum Gasteiger partial charge on any atom is 0.256 e. The summed E-state index contributed by atoms with van der Waals surface area (Å²) in [5.41, 5.74) is 3.06. The van der Waals surface area contributed by atoms with Crippen LogP contribution < -0.4 is 11.3 Å². The summed E-state index contributed by atoms with van der Waals surface area (Å²) in [6.07, 6.45) is 0. The number of nitrogen functional groups attached to an aromatic ring is 1. The Kier molecular flexibility index (Phi) is 4.49. The standard InChI is InChI=1S/C15H15F2N3O/c1-20(9-10-5-7-11(16)8-6-10)15(21)12-3-2-4-13(17)14(12)19-18/h2-8,19H,9,18H2,1H3. The van der Waals surface area contributed by atoms with Crippen molar-refractivity contribution in [2.75, 3.05) is 12.5 Å². The summed E-state index contributed by atoms with van der Waals surface area (Å²) in [6, 6.07) is 9.97. The van der Waals surface area contributed by atoms with Crippen molar-refractivity contribution in [2.45, 2.75) is 6.54 Å². The highest BCUT2D eigenvalue weighted by atomic mass is 19.1. The van der Waals surface area contributed by atoms with Gasteiger partial charge >= 0.3 is 0 Å². The average Bonchev–Trinajstić information content (AvgIpc) is 2.48. The first-order chi connectivity index (χ1) is 10.0. The minimum atomic E-state index is -0.599. The fourth-order valence-electron chi connectivity index (χ4n) is 1.99. The van der Waals surface area contributed by atoms with Gasteiger partial charge in [-0.2, -0.15) is 0 Å². The molecule has 0 aliphatic heterocycles. The number of halogens is 2. The van der Waals surface area contributed by atoms with Crippen LogP contribution in [0.25, 0.3) is 0 Å². The Bertz CT molecular complexity index is 644. The molecule has 0 radical (unpaired) electrons. The highest BCUT2D eigenvalue weighted by Crippen LogP contribution is 2.20. The predicted molar refractivity (Wildman–Crippen MR) is 76.4 cm³/mol. The van der Waals surface area contributed by atoms with Crippen molar-refractivity contribution in [3.8, 4) is 0 Å². The molecule has 3 N–H and O–H groups in total. The lowest BCUT2D eigenvalue weighted by molar-refractivity contribution is 0.0785. The normalized spacial score (nSPS) is 10.3. The number of hydrazine groups is 1. The Labute approximate surface area is 121 Å². The molecule has 0 atom stereocenters. The number of hydrogen-bond acceptors (Lipinski definition) is 3. The van der Waals surface area contributed by atoms with Crippen LogP contribution in [0.4, 0.5) is 14.5 Å². The number of para-hydroxylation sites is 1. The van der Waals surface area contributed by atoms with E-state index in [-0.39, 0.29) is 29.5 Å². The maximum atomic E-state index is 13.6. The Balaban J connectivity index is 2.19. The van der Waals surface area contributed by atoms with Crippen molar-refractivity contribution in [3.05, 3.63) is 65.2 Å². The summed E-state index contributed by atoms with van der Waals surface area (Å²) in [6.45, 7) is 0.277. The third kappa shape index (κ3) is 3.35. The van der Waals surface area contributed by atoms with E-state index in [2.05, 4.69) is 5.43 Å². The zero-order chi connectivity index (χ0) is 15.4. The average molecular weight is 291 g/mol. The summed E-state index contributed by atoms with van der Waals surface area (Å²) < 4.78 is 26.4. The molecule has 2 aromatic rings. The molecule has 0 unspecified atom stereocenters. The van der Waals surface area contributed by atoms with Gasteiger partial charge in [-0.1, -0.05) is 18.2 Å². The van der Waals surface area contributed by atoms with Crippen LogP contribution in [-0.4, -0.2) is 17.9 Å². The van der Waals surface area contributed by atoms with E-state index in [9.17, 15) is 13.6 Å². The number of nitrogens with two attached hydrogens (primary N) is 1. The fraction of sp³-hybridized carbons (Fsp3) is 0.133. The van der Waals surface area contributed by atoms with E-state index >= 15 is 0 Å². The second-order valence-corrected chi connectivity index (χ2v) is 4.59. The molecule has 110 valence electrons. The van der Waals surface area contributed by atoms with Crippen LogP contribution in [-0.2, 0) is 6.54 Å². The van der Waals surface area contributed by atoms with Gasteiger partial charge < -0.3 is 10.3 Å². The fourth-order valence-corrected chi connectivity index (χ4v) is 1.99. The molecule has 6 heteroatoms. The van der Waals surface area contributed by atoms with Gasteiger partial charge in [-0.05, 0) is 29.8 Å². The van der Waals surface area contributed by atoms with Gasteiger partial charge in [0.2, 0.25) is 0 Å². The summed E-state index contributed by atoms with van der Waals surface area (Å²) >= 11 is 0. The van der Waals surface area contributed by atoms with Crippen molar-refractivity contribution in [1.82, 2.24) is 4.90 Å². The Morgan fingerprint density at radius 2 is 1.86 bits per heavy atom. The summed E-state index contributed by atoms with van der Waals surface area (Å²) in [5.74, 6) is 3.93. The lowest BCUT2D eigenvalue weighted by Crippen LogP contribution is -2.28. The summed E-state index contributed by atoms with van der Waals surface area (Å²) in [4.78, 5) is 13.7. The number of carbonyl (C=O) groups excluding carboxylic acids is 1. The van der Waals surface area contributed by atoms with Gasteiger partial charge in [0.25, 0.3) is 5.91 Å². The third-order valence-electron chi connectivity index (χ3n) is 3.07. The van der Waals surface area contributed by atoms with Crippen LogP contribution in [0.1, 0.15) is 15.9 Å². The number of benzene rings is 2. The predicted octanol–water partition coefficient (Wildman–Crippen LogP) is 2.52. The van der Waals surface area contributed by atoms with E-state index in [1.165, 1.54) is 35.2 Å². The molecule has 0 saturated carbocycles. The van der Waals surface area contributed by atoms with Gasteiger partial charge in [-0.3, -0.25) is 10.6 Å². The lowest BCUT2D eigenvalue weighted by atomic mass is 10.1. The van der Waals surface area contributed by atoms with Crippen molar-refractivity contribution in [1.29, 1.82) is 0 Å². The molecule has 2 rings (SSSR count). The van der Waals surface area contributed by atoms with Crippen LogP contribution >= 0.6 is 0 Å². The second kappa shape index (κ2) is 6.32. The highest BCUT2D eigenvalue weighted by Gasteiger charge is 2.18. The lowest BCUT2D eigenvalue weighted by Gasteiger charge is -2.19. The van der Waals surface area contributed by atoms with Gasteiger partial charge in [0.05, 0.1) is 11.3 Å². The third-order valence-corrected chi connectivity index (χ3v) is 3.07. The minimum absolute atomic E-state index is 0.0477. The largest absolute Gasteiger partial charge is 0.337 e. The number of anilines is 1. The van der Waals surface area contributed by atoms with E-state index in [1.54, 1.807) is 19.2 Å². The number of hydrogen-bond donors (Lipinski definition) is 2. The van der Waals surface area contributed by atoms with Crippen LogP contribution in [0.5, 0.6) is 0 Å². The molecule has 0 aliphatic carbocycles. The van der Waals surface area contributed by atoms with Crippen molar-refractivity contribution in [3.63, 3.8) is 0 Å². The van der Waals surface area contributed by atoms with Crippen LogP contribution in [0.15, 0.2) is 42.5 Å². The number of nitrogens with one attached hydrogen (secondary N) is 1. The summed E-state index contributed by atoms with van der Waals surface area (Å²) in [5, 5.41) is 0. The molecular formula is C15H15F2N3O. The Morgan fingerprint density at radius 1 is 1.19 bits per heavy atom. The SMILES string of the molecule is CN(Cc1ccc(F)cc1)C(=O)c1cccc(F)c1NN. The topological polar surface area (TPSA) is 58.4 Å². The number of amides is 1. The molecule has 0 spiro atoms. The van der Waals surface area contributed by atoms with Gasteiger partial charge in [0.15, 0.2) is 0 Å². The Morgan fingerprint density at radius 3 is 2.48 bits per heavy atom. The molecule has 0 bridgehead atoms. The number of rotatable bonds is 4.